The first-order valence-electron chi connectivity index (χ1n) is 8.05. The largest absolute Gasteiger partial charge is 0.465 e. The van der Waals surface area contributed by atoms with Crippen LogP contribution in [0.3, 0.4) is 0 Å². The molecule has 2 aromatic rings. The Labute approximate surface area is 146 Å². The highest BCUT2D eigenvalue weighted by atomic mass is 16.5. The van der Waals surface area contributed by atoms with E-state index in [0.717, 1.165) is 6.42 Å². The second-order valence-electron chi connectivity index (χ2n) is 5.93. The fraction of sp³-hybridized carbons (Fsp3) is 0.333. The number of hydrogen-bond donors (Lipinski definition) is 2. The molecule has 2 N–H and O–H groups in total. The summed E-state index contributed by atoms with van der Waals surface area (Å²) in [5.74, 6) is 0.252. The van der Waals surface area contributed by atoms with Gasteiger partial charge < -0.3 is 15.4 Å². The lowest BCUT2D eigenvalue weighted by Gasteiger charge is -2.08. The number of rotatable bonds is 7. The Morgan fingerprint density at radius 1 is 1.16 bits per heavy atom. The van der Waals surface area contributed by atoms with Crippen molar-refractivity contribution in [2.45, 2.75) is 20.3 Å². The van der Waals surface area contributed by atoms with E-state index in [4.69, 9.17) is 0 Å². The molecule has 0 spiro atoms. The van der Waals surface area contributed by atoms with Crippen molar-refractivity contribution in [3.05, 3.63) is 47.8 Å². The lowest BCUT2D eigenvalue weighted by atomic mass is 10.1. The zero-order chi connectivity index (χ0) is 18.2. The first-order valence-corrected chi connectivity index (χ1v) is 8.05. The number of ether oxygens (including phenoxy) is 1. The fourth-order valence-electron chi connectivity index (χ4n) is 2.06. The van der Waals surface area contributed by atoms with Gasteiger partial charge in [-0.1, -0.05) is 19.9 Å². The van der Waals surface area contributed by atoms with Crippen molar-refractivity contribution in [1.29, 1.82) is 0 Å². The van der Waals surface area contributed by atoms with Crippen LogP contribution < -0.4 is 10.6 Å². The van der Waals surface area contributed by atoms with Crippen molar-refractivity contribution >= 4 is 23.5 Å². The Morgan fingerprint density at radius 2 is 1.88 bits per heavy atom. The van der Waals surface area contributed by atoms with Gasteiger partial charge in [0.05, 0.1) is 18.2 Å². The van der Waals surface area contributed by atoms with Crippen molar-refractivity contribution < 1.29 is 14.3 Å². The molecular formula is C18H22N4O3. The molecule has 1 amide bonds. The van der Waals surface area contributed by atoms with Gasteiger partial charge in [-0.2, -0.15) is 0 Å². The van der Waals surface area contributed by atoms with E-state index in [2.05, 4.69) is 39.2 Å². The van der Waals surface area contributed by atoms with Crippen LogP contribution in [-0.2, 0) is 4.74 Å². The third kappa shape index (κ3) is 5.56. The number of carbonyl (C=O) groups excluding carboxylic acids is 2. The molecule has 1 heterocycles. The molecule has 0 unspecified atom stereocenters. The zero-order valence-electron chi connectivity index (χ0n) is 14.6. The van der Waals surface area contributed by atoms with Gasteiger partial charge in [0, 0.05) is 24.6 Å². The van der Waals surface area contributed by atoms with E-state index in [-0.39, 0.29) is 5.91 Å². The average molecular weight is 342 g/mol. The minimum Gasteiger partial charge on any atom is -0.465 e. The summed E-state index contributed by atoms with van der Waals surface area (Å²) in [4.78, 5) is 31.8. The third-order valence-electron chi connectivity index (χ3n) is 3.46. The van der Waals surface area contributed by atoms with Gasteiger partial charge in [0.2, 0.25) is 5.95 Å². The first kappa shape index (κ1) is 18.4. The van der Waals surface area contributed by atoms with E-state index < -0.39 is 5.97 Å². The Hall–Kier alpha value is -2.96. The summed E-state index contributed by atoms with van der Waals surface area (Å²) < 4.78 is 4.69. The standard InChI is InChI=1S/C18H22N4O3/c1-12(2)7-8-19-16(23)14-10-20-18(21-11-14)22-15-6-4-5-13(9-15)17(24)25-3/h4-6,9-12H,7-8H2,1-3H3,(H,19,23)(H,20,21,22). The van der Waals surface area contributed by atoms with E-state index in [1.807, 2.05) is 0 Å². The lowest BCUT2D eigenvalue weighted by Crippen LogP contribution is -2.25. The van der Waals surface area contributed by atoms with Crippen LogP contribution in [0.15, 0.2) is 36.7 Å². The minimum absolute atomic E-state index is 0.195. The number of anilines is 2. The van der Waals surface area contributed by atoms with E-state index in [0.29, 0.717) is 35.2 Å². The molecule has 25 heavy (non-hydrogen) atoms. The highest BCUT2D eigenvalue weighted by Crippen LogP contribution is 2.15. The number of nitrogens with zero attached hydrogens (tertiary/aromatic N) is 2. The highest BCUT2D eigenvalue weighted by Gasteiger charge is 2.09. The van der Waals surface area contributed by atoms with Gasteiger partial charge in [-0.3, -0.25) is 4.79 Å². The summed E-state index contributed by atoms with van der Waals surface area (Å²) in [6.45, 7) is 4.83. The lowest BCUT2D eigenvalue weighted by molar-refractivity contribution is 0.0600. The van der Waals surface area contributed by atoms with Crippen LogP contribution in [0.2, 0.25) is 0 Å². The van der Waals surface area contributed by atoms with Crippen LogP contribution in [0.4, 0.5) is 11.6 Å². The van der Waals surface area contributed by atoms with Gasteiger partial charge in [-0.25, -0.2) is 14.8 Å². The molecule has 0 aliphatic carbocycles. The maximum absolute atomic E-state index is 12.0. The summed E-state index contributed by atoms with van der Waals surface area (Å²) in [6, 6.07) is 6.80. The Balaban J connectivity index is 1.98. The maximum Gasteiger partial charge on any atom is 0.337 e. The van der Waals surface area contributed by atoms with Gasteiger partial charge in [-0.05, 0) is 30.5 Å². The smallest absolute Gasteiger partial charge is 0.337 e. The second kappa shape index (κ2) is 8.77. The molecule has 0 bridgehead atoms. The molecule has 0 aliphatic rings. The molecule has 7 heteroatoms. The number of carbonyl (C=O) groups is 2. The van der Waals surface area contributed by atoms with Crippen LogP contribution in [0.5, 0.6) is 0 Å². The SMILES string of the molecule is COC(=O)c1cccc(Nc2ncc(C(=O)NCCC(C)C)cn2)c1. The fourth-order valence-corrected chi connectivity index (χ4v) is 2.06. The normalized spacial score (nSPS) is 10.4. The first-order chi connectivity index (χ1) is 12.0. The Bertz CT molecular complexity index is 729. The number of nitrogens with one attached hydrogen (secondary N) is 2. The van der Waals surface area contributed by atoms with Crippen molar-refractivity contribution in [2.24, 2.45) is 5.92 Å². The topological polar surface area (TPSA) is 93.2 Å². The van der Waals surface area contributed by atoms with Crippen LogP contribution in [-0.4, -0.2) is 35.5 Å². The molecule has 1 aromatic carbocycles. The number of amides is 1. The van der Waals surface area contributed by atoms with Crippen molar-refractivity contribution in [2.75, 3.05) is 19.0 Å². The molecule has 132 valence electrons. The van der Waals surface area contributed by atoms with Crippen molar-refractivity contribution in [3.63, 3.8) is 0 Å². The quantitative estimate of drug-likeness (QED) is 0.752. The monoisotopic (exact) mass is 342 g/mol. The molecule has 2 rings (SSSR count). The molecule has 0 fully saturated rings. The van der Waals surface area contributed by atoms with E-state index >= 15 is 0 Å². The van der Waals surface area contributed by atoms with E-state index in [1.54, 1.807) is 24.3 Å². The van der Waals surface area contributed by atoms with Gasteiger partial charge in [-0.15, -0.1) is 0 Å². The molecule has 0 saturated heterocycles. The summed E-state index contributed by atoms with van der Waals surface area (Å²) in [5, 5.41) is 5.82. The predicted molar refractivity (Wildman–Crippen MR) is 94.9 cm³/mol. The summed E-state index contributed by atoms with van der Waals surface area (Å²) in [7, 11) is 1.33. The summed E-state index contributed by atoms with van der Waals surface area (Å²) >= 11 is 0. The summed E-state index contributed by atoms with van der Waals surface area (Å²) in [6.07, 6.45) is 3.84. The third-order valence-corrected chi connectivity index (χ3v) is 3.46. The van der Waals surface area contributed by atoms with Crippen molar-refractivity contribution in [3.8, 4) is 0 Å². The van der Waals surface area contributed by atoms with Crippen molar-refractivity contribution in [1.82, 2.24) is 15.3 Å². The number of esters is 1. The molecule has 0 radical (unpaired) electrons. The minimum atomic E-state index is -0.419. The van der Waals surface area contributed by atoms with Crippen LogP contribution in [0, 0.1) is 5.92 Å². The summed E-state index contributed by atoms with van der Waals surface area (Å²) in [5.41, 5.74) is 1.48. The molecule has 7 nitrogen and oxygen atoms in total. The number of benzene rings is 1. The van der Waals surface area contributed by atoms with Gasteiger partial charge in [0.15, 0.2) is 0 Å². The zero-order valence-corrected chi connectivity index (χ0v) is 14.6. The number of aromatic nitrogens is 2. The Morgan fingerprint density at radius 3 is 2.52 bits per heavy atom. The van der Waals surface area contributed by atoms with E-state index in [1.165, 1.54) is 19.5 Å². The van der Waals surface area contributed by atoms with Gasteiger partial charge >= 0.3 is 5.97 Å². The second-order valence-corrected chi connectivity index (χ2v) is 5.93. The van der Waals surface area contributed by atoms with Crippen LogP contribution >= 0.6 is 0 Å². The number of hydrogen-bond acceptors (Lipinski definition) is 6. The van der Waals surface area contributed by atoms with Crippen LogP contribution in [0.1, 0.15) is 41.0 Å². The number of methoxy groups -OCH3 is 1. The average Bonchev–Trinajstić information content (AvgIpc) is 2.61. The van der Waals surface area contributed by atoms with Gasteiger partial charge in [0.25, 0.3) is 5.91 Å². The highest BCUT2D eigenvalue weighted by molar-refractivity contribution is 5.93. The molecule has 0 atom stereocenters. The molecular weight excluding hydrogens is 320 g/mol. The Kier molecular flexibility index (Phi) is 6.45. The molecule has 0 saturated carbocycles. The van der Waals surface area contributed by atoms with E-state index in [9.17, 15) is 9.59 Å². The molecule has 0 aliphatic heterocycles. The van der Waals surface area contributed by atoms with Gasteiger partial charge in [0.1, 0.15) is 0 Å². The predicted octanol–water partition coefficient (Wildman–Crippen LogP) is 2.78. The molecule has 1 aromatic heterocycles. The maximum atomic E-state index is 12.0. The van der Waals surface area contributed by atoms with Crippen LogP contribution in [0.25, 0.3) is 0 Å².